The number of aliphatic imine (C=N–C) groups is 1. The Kier molecular flexibility index (Phi) is 4.46. The Balaban J connectivity index is 1.78. The zero-order chi connectivity index (χ0) is 17.1. The van der Waals surface area contributed by atoms with Gasteiger partial charge in [-0.25, -0.2) is 9.98 Å². The second kappa shape index (κ2) is 7.05. The van der Waals surface area contributed by atoms with Crippen molar-refractivity contribution >= 4 is 49.8 Å². The van der Waals surface area contributed by atoms with Gasteiger partial charge in [0.05, 0.1) is 9.72 Å². The van der Waals surface area contributed by atoms with Gasteiger partial charge in [0.25, 0.3) is 0 Å². The quantitative estimate of drug-likeness (QED) is 0.350. The van der Waals surface area contributed by atoms with E-state index in [1.807, 2.05) is 78.9 Å². The number of anilines is 1. The molecule has 0 aliphatic rings. The molecule has 0 radical (unpaired) electrons. The van der Waals surface area contributed by atoms with Crippen molar-refractivity contribution in [2.45, 2.75) is 0 Å². The molecule has 4 aromatic rings. The normalized spacial score (nSPS) is 11.6. The Hall–Kier alpha value is -2.69. The predicted octanol–water partition coefficient (Wildman–Crippen LogP) is 6.14. The molecule has 25 heavy (non-hydrogen) atoms. The van der Waals surface area contributed by atoms with E-state index < -0.39 is 0 Å². The maximum Gasteiger partial charge on any atom is 0.212 e. The van der Waals surface area contributed by atoms with Crippen molar-refractivity contribution in [3.05, 3.63) is 89.4 Å². The Morgan fingerprint density at radius 2 is 1.60 bits per heavy atom. The standard InChI is InChI=1S/C20H14ClN3S/c21-16-12-7-13-17-18(16)23-20(25-17)24-19(14-8-3-1-4-9-14)22-15-10-5-2-6-11-15/h1-13H,(H,22,23,24). The highest BCUT2D eigenvalue weighted by molar-refractivity contribution is 7.22. The lowest BCUT2D eigenvalue weighted by atomic mass is 10.2. The van der Waals surface area contributed by atoms with Gasteiger partial charge in [-0.05, 0) is 24.3 Å². The summed E-state index contributed by atoms with van der Waals surface area (Å²) in [5.74, 6) is 0.752. The van der Waals surface area contributed by atoms with Crippen molar-refractivity contribution in [3.63, 3.8) is 0 Å². The van der Waals surface area contributed by atoms with Crippen LogP contribution in [-0.2, 0) is 0 Å². The molecule has 3 nitrogen and oxygen atoms in total. The minimum Gasteiger partial charge on any atom is -0.340 e. The molecule has 0 amide bonds. The van der Waals surface area contributed by atoms with Crippen molar-refractivity contribution in [2.75, 3.05) is 5.32 Å². The summed E-state index contributed by atoms with van der Waals surface area (Å²) in [7, 11) is 0. The number of nitrogens with one attached hydrogen (secondary N) is 1. The second-order valence-electron chi connectivity index (χ2n) is 5.40. The van der Waals surface area contributed by atoms with Crippen LogP contribution in [0.2, 0.25) is 5.02 Å². The fourth-order valence-electron chi connectivity index (χ4n) is 2.47. The van der Waals surface area contributed by atoms with Crippen LogP contribution < -0.4 is 5.32 Å². The number of fused-ring (bicyclic) bond motifs is 1. The summed E-state index contributed by atoms with van der Waals surface area (Å²) in [6, 6.07) is 25.8. The zero-order valence-corrected chi connectivity index (χ0v) is 14.8. The van der Waals surface area contributed by atoms with Crippen LogP contribution in [0.3, 0.4) is 0 Å². The van der Waals surface area contributed by atoms with Gasteiger partial charge in [-0.15, -0.1) is 0 Å². The van der Waals surface area contributed by atoms with Gasteiger partial charge in [0.2, 0.25) is 5.13 Å². The van der Waals surface area contributed by atoms with E-state index in [0.717, 1.165) is 27.3 Å². The van der Waals surface area contributed by atoms with Gasteiger partial charge in [-0.3, -0.25) is 0 Å². The zero-order valence-electron chi connectivity index (χ0n) is 13.2. The number of para-hydroxylation sites is 2. The number of rotatable bonds is 3. The first-order chi connectivity index (χ1) is 12.3. The molecule has 0 aliphatic heterocycles. The van der Waals surface area contributed by atoms with Gasteiger partial charge in [0.15, 0.2) is 0 Å². The third kappa shape index (κ3) is 3.55. The first kappa shape index (κ1) is 15.8. The Labute approximate surface area is 154 Å². The molecular weight excluding hydrogens is 350 g/mol. The lowest BCUT2D eigenvalue weighted by molar-refractivity contribution is 1.39. The average Bonchev–Trinajstić information content (AvgIpc) is 3.07. The maximum atomic E-state index is 6.23. The van der Waals surface area contributed by atoms with Crippen molar-refractivity contribution < 1.29 is 0 Å². The number of thiazole rings is 1. The van der Waals surface area contributed by atoms with E-state index in [0.29, 0.717) is 10.2 Å². The fraction of sp³-hybridized carbons (Fsp3) is 0. The van der Waals surface area contributed by atoms with E-state index in [-0.39, 0.29) is 0 Å². The summed E-state index contributed by atoms with van der Waals surface area (Å²) in [4.78, 5) is 9.34. The molecule has 1 heterocycles. The third-order valence-electron chi connectivity index (χ3n) is 3.65. The van der Waals surface area contributed by atoms with Crippen LogP contribution >= 0.6 is 22.9 Å². The summed E-state index contributed by atoms with van der Waals surface area (Å²) in [6.45, 7) is 0. The number of hydrogen-bond donors (Lipinski definition) is 1. The van der Waals surface area contributed by atoms with Crippen LogP contribution in [0.4, 0.5) is 10.8 Å². The first-order valence-electron chi connectivity index (χ1n) is 7.81. The highest BCUT2D eigenvalue weighted by Gasteiger charge is 2.09. The van der Waals surface area contributed by atoms with E-state index in [2.05, 4.69) is 10.3 Å². The topological polar surface area (TPSA) is 37.3 Å². The van der Waals surface area contributed by atoms with Crippen LogP contribution in [0.15, 0.2) is 83.9 Å². The Bertz CT molecular complexity index is 1030. The van der Waals surface area contributed by atoms with Crippen molar-refractivity contribution in [3.8, 4) is 0 Å². The molecule has 0 unspecified atom stereocenters. The second-order valence-corrected chi connectivity index (χ2v) is 6.82. The van der Waals surface area contributed by atoms with E-state index >= 15 is 0 Å². The van der Waals surface area contributed by atoms with Crippen LogP contribution in [0.25, 0.3) is 10.2 Å². The smallest absolute Gasteiger partial charge is 0.212 e. The monoisotopic (exact) mass is 363 g/mol. The molecule has 122 valence electrons. The number of nitrogens with zero attached hydrogens (tertiary/aromatic N) is 2. The predicted molar refractivity (Wildman–Crippen MR) is 107 cm³/mol. The molecule has 0 aliphatic carbocycles. The highest BCUT2D eigenvalue weighted by atomic mass is 35.5. The average molecular weight is 364 g/mol. The van der Waals surface area contributed by atoms with E-state index in [1.54, 1.807) is 0 Å². The van der Waals surface area contributed by atoms with Gasteiger partial charge < -0.3 is 5.32 Å². The van der Waals surface area contributed by atoms with Gasteiger partial charge in [-0.1, -0.05) is 77.5 Å². The van der Waals surface area contributed by atoms with Crippen LogP contribution in [-0.4, -0.2) is 10.8 Å². The molecular formula is C20H14ClN3S. The molecule has 3 aromatic carbocycles. The fourth-order valence-corrected chi connectivity index (χ4v) is 3.61. The maximum absolute atomic E-state index is 6.23. The molecule has 0 saturated carbocycles. The van der Waals surface area contributed by atoms with E-state index in [9.17, 15) is 0 Å². The van der Waals surface area contributed by atoms with Crippen molar-refractivity contribution in [1.29, 1.82) is 0 Å². The number of aromatic nitrogens is 1. The molecule has 4 rings (SSSR count). The summed E-state index contributed by atoms with van der Waals surface area (Å²) >= 11 is 7.76. The first-order valence-corrected chi connectivity index (χ1v) is 9.00. The summed E-state index contributed by atoms with van der Waals surface area (Å²) in [5.41, 5.74) is 2.76. The molecule has 0 bridgehead atoms. The summed E-state index contributed by atoms with van der Waals surface area (Å²) < 4.78 is 1.03. The number of halogens is 1. The molecule has 0 fully saturated rings. The number of benzene rings is 3. The van der Waals surface area contributed by atoms with Crippen molar-refractivity contribution in [2.24, 2.45) is 4.99 Å². The molecule has 0 saturated heterocycles. The van der Waals surface area contributed by atoms with Crippen LogP contribution in [0.5, 0.6) is 0 Å². The minimum atomic E-state index is 0.646. The van der Waals surface area contributed by atoms with Gasteiger partial charge in [0.1, 0.15) is 11.4 Å². The van der Waals surface area contributed by atoms with Crippen molar-refractivity contribution in [1.82, 2.24) is 4.98 Å². The third-order valence-corrected chi connectivity index (χ3v) is 4.87. The van der Waals surface area contributed by atoms with Gasteiger partial charge in [0, 0.05) is 11.3 Å². The Morgan fingerprint density at radius 3 is 2.32 bits per heavy atom. The molecule has 1 N–H and O–H groups in total. The number of hydrogen-bond acceptors (Lipinski definition) is 3. The molecule has 0 atom stereocenters. The largest absolute Gasteiger partial charge is 0.340 e. The molecule has 0 spiro atoms. The lowest BCUT2D eigenvalue weighted by Gasteiger charge is -2.09. The highest BCUT2D eigenvalue weighted by Crippen LogP contribution is 2.32. The van der Waals surface area contributed by atoms with Crippen LogP contribution in [0.1, 0.15) is 5.56 Å². The molecule has 1 aromatic heterocycles. The number of amidine groups is 1. The van der Waals surface area contributed by atoms with Crippen LogP contribution in [0, 0.1) is 0 Å². The lowest BCUT2D eigenvalue weighted by Crippen LogP contribution is -2.13. The Morgan fingerprint density at radius 1 is 0.880 bits per heavy atom. The summed E-state index contributed by atoms with van der Waals surface area (Å²) in [5, 5.41) is 4.70. The summed E-state index contributed by atoms with van der Waals surface area (Å²) in [6.07, 6.45) is 0. The van der Waals surface area contributed by atoms with E-state index in [1.165, 1.54) is 11.3 Å². The minimum absolute atomic E-state index is 0.646. The SMILES string of the molecule is Clc1cccc2sc(/N=C(\Nc3ccccc3)c3ccccc3)nc12. The van der Waals surface area contributed by atoms with Gasteiger partial charge in [-0.2, -0.15) is 0 Å². The van der Waals surface area contributed by atoms with E-state index in [4.69, 9.17) is 16.6 Å². The molecule has 5 heteroatoms. The van der Waals surface area contributed by atoms with Gasteiger partial charge >= 0.3 is 0 Å².